The third-order valence-corrected chi connectivity index (χ3v) is 6.17. The summed E-state index contributed by atoms with van der Waals surface area (Å²) in [5.74, 6) is 0.952. The number of ether oxygens (including phenoxy) is 2. The molecule has 1 saturated heterocycles. The molecule has 0 unspecified atom stereocenters. The Kier molecular flexibility index (Phi) is 5.10. The number of aliphatic imine (C=N–C) groups is 1. The van der Waals surface area contributed by atoms with E-state index in [1.54, 1.807) is 25.7 Å². The third-order valence-electron chi connectivity index (χ3n) is 6.17. The molecular weight excluding hydrogens is 435 g/mol. The van der Waals surface area contributed by atoms with Crippen LogP contribution in [0.4, 0.5) is 21.6 Å². The molecule has 0 aliphatic carbocycles. The fourth-order valence-corrected chi connectivity index (χ4v) is 4.43. The third kappa shape index (κ3) is 3.63. The average molecular weight is 458 g/mol. The van der Waals surface area contributed by atoms with E-state index in [2.05, 4.69) is 20.2 Å². The minimum absolute atomic E-state index is 0.332. The van der Waals surface area contributed by atoms with Crippen molar-refractivity contribution in [1.82, 2.24) is 14.4 Å². The van der Waals surface area contributed by atoms with Crippen LogP contribution in [0.1, 0.15) is 11.1 Å². The Morgan fingerprint density at radius 3 is 2.88 bits per heavy atom. The summed E-state index contributed by atoms with van der Waals surface area (Å²) in [7, 11) is 1.66. The van der Waals surface area contributed by atoms with Crippen LogP contribution in [0.3, 0.4) is 0 Å². The quantitative estimate of drug-likeness (QED) is 0.486. The molecule has 0 bridgehead atoms. The summed E-state index contributed by atoms with van der Waals surface area (Å²) in [5.41, 5.74) is 5.21. The van der Waals surface area contributed by atoms with Gasteiger partial charge in [0.2, 0.25) is 0 Å². The average Bonchev–Trinajstić information content (AvgIpc) is 3.53. The summed E-state index contributed by atoms with van der Waals surface area (Å²) >= 11 is 0. The number of halogens is 1. The lowest BCUT2D eigenvalue weighted by Crippen LogP contribution is -2.36. The first-order valence-electron chi connectivity index (χ1n) is 11.1. The standard InChI is InChI=1S/C25H23FN6O2/c1-33-23-12-18(2-3-22(23)31-6-8-34-9-7-31)29-24-25-28-4-5-32(25)15-21(30-24)19-10-16-13-27-14-17(16)11-20(19)26/h2-5,10-12,14-15H,6-9,13H2,1H3,(H,29,30). The van der Waals surface area contributed by atoms with E-state index < -0.39 is 0 Å². The van der Waals surface area contributed by atoms with Crippen LogP contribution in [0.2, 0.25) is 0 Å². The molecule has 172 valence electrons. The van der Waals surface area contributed by atoms with Gasteiger partial charge in [-0.2, -0.15) is 0 Å². The first-order chi connectivity index (χ1) is 16.7. The zero-order valence-corrected chi connectivity index (χ0v) is 18.7. The number of nitrogens with zero attached hydrogens (tertiary/aromatic N) is 5. The summed E-state index contributed by atoms with van der Waals surface area (Å²) < 4.78 is 27.9. The van der Waals surface area contributed by atoms with Gasteiger partial charge in [-0.15, -0.1) is 0 Å². The normalized spacial score (nSPS) is 15.1. The van der Waals surface area contributed by atoms with E-state index >= 15 is 0 Å². The van der Waals surface area contributed by atoms with Crippen molar-refractivity contribution >= 4 is 29.1 Å². The van der Waals surface area contributed by atoms with Crippen LogP contribution in [-0.2, 0) is 11.3 Å². The van der Waals surface area contributed by atoms with Gasteiger partial charge in [-0.25, -0.2) is 14.4 Å². The number of methoxy groups -OCH3 is 1. The second kappa shape index (κ2) is 8.42. The minimum atomic E-state index is -0.332. The topological polar surface area (TPSA) is 76.3 Å². The van der Waals surface area contributed by atoms with Crippen LogP contribution < -0.4 is 15.0 Å². The van der Waals surface area contributed by atoms with Crippen LogP contribution in [0.15, 0.2) is 53.9 Å². The number of rotatable bonds is 5. The van der Waals surface area contributed by atoms with Gasteiger partial charge in [-0.3, -0.25) is 4.99 Å². The Hall–Kier alpha value is -3.98. The van der Waals surface area contributed by atoms with Crippen LogP contribution >= 0.6 is 0 Å². The number of anilines is 3. The molecule has 1 N–H and O–H groups in total. The number of imidazole rings is 1. The van der Waals surface area contributed by atoms with Crippen LogP contribution in [0.25, 0.3) is 16.9 Å². The summed E-state index contributed by atoms with van der Waals surface area (Å²) in [6.45, 7) is 3.58. The molecule has 9 heteroatoms. The van der Waals surface area contributed by atoms with Gasteiger partial charge in [0.05, 0.1) is 38.2 Å². The first kappa shape index (κ1) is 20.6. The molecule has 2 aromatic heterocycles. The molecule has 34 heavy (non-hydrogen) atoms. The highest BCUT2D eigenvalue weighted by molar-refractivity contribution is 5.86. The van der Waals surface area contributed by atoms with Crippen molar-refractivity contribution in [3.05, 3.63) is 65.9 Å². The van der Waals surface area contributed by atoms with Crippen molar-refractivity contribution in [2.24, 2.45) is 4.99 Å². The Labute approximate surface area is 195 Å². The minimum Gasteiger partial charge on any atom is -0.495 e. The van der Waals surface area contributed by atoms with Crippen molar-refractivity contribution in [1.29, 1.82) is 0 Å². The zero-order chi connectivity index (χ0) is 23.1. The molecule has 6 rings (SSSR count). The van der Waals surface area contributed by atoms with E-state index in [1.165, 1.54) is 6.07 Å². The molecule has 0 spiro atoms. The number of morpholine rings is 1. The van der Waals surface area contributed by atoms with Crippen molar-refractivity contribution in [2.75, 3.05) is 43.6 Å². The van der Waals surface area contributed by atoms with E-state index in [0.717, 1.165) is 41.3 Å². The van der Waals surface area contributed by atoms with Gasteiger partial charge in [-0.05, 0) is 29.8 Å². The highest BCUT2D eigenvalue weighted by Crippen LogP contribution is 2.34. The van der Waals surface area contributed by atoms with Crippen molar-refractivity contribution in [3.63, 3.8) is 0 Å². The highest BCUT2D eigenvalue weighted by atomic mass is 19.1. The second-order valence-corrected chi connectivity index (χ2v) is 8.24. The first-order valence-corrected chi connectivity index (χ1v) is 11.1. The summed E-state index contributed by atoms with van der Waals surface area (Å²) in [6.07, 6.45) is 7.01. The maximum atomic E-state index is 15.0. The molecule has 0 saturated carbocycles. The van der Waals surface area contributed by atoms with Crippen LogP contribution in [-0.4, -0.2) is 54.0 Å². The Morgan fingerprint density at radius 1 is 1.15 bits per heavy atom. The van der Waals surface area contributed by atoms with E-state index in [0.29, 0.717) is 42.5 Å². The largest absolute Gasteiger partial charge is 0.495 e. The molecule has 1 fully saturated rings. The van der Waals surface area contributed by atoms with Gasteiger partial charge in [0.15, 0.2) is 11.5 Å². The van der Waals surface area contributed by atoms with Crippen LogP contribution in [0, 0.1) is 5.82 Å². The Morgan fingerprint density at radius 2 is 2.03 bits per heavy atom. The molecule has 0 radical (unpaired) electrons. The molecule has 4 aromatic rings. The fourth-order valence-electron chi connectivity index (χ4n) is 4.43. The van der Waals surface area contributed by atoms with Crippen LogP contribution in [0.5, 0.6) is 5.75 Å². The molecule has 4 heterocycles. The second-order valence-electron chi connectivity index (χ2n) is 8.24. The van der Waals surface area contributed by atoms with Gasteiger partial charge < -0.3 is 24.1 Å². The van der Waals surface area contributed by atoms with Gasteiger partial charge in [0, 0.05) is 60.8 Å². The van der Waals surface area contributed by atoms with E-state index in [-0.39, 0.29) is 5.82 Å². The molecule has 8 nitrogen and oxygen atoms in total. The lowest BCUT2D eigenvalue weighted by molar-refractivity contribution is 0.122. The molecule has 0 atom stereocenters. The van der Waals surface area contributed by atoms with Crippen molar-refractivity contribution in [3.8, 4) is 17.0 Å². The summed E-state index contributed by atoms with van der Waals surface area (Å²) in [4.78, 5) is 15.7. The SMILES string of the molecule is COc1cc(Nc2nc(-c3cc4c(cc3F)C=NC4)cn3ccnc23)ccc1N1CCOCC1. The van der Waals surface area contributed by atoms with Crippen molar-refractivity contribution < 1.29 is 13.9 Å². The lowest BCUT2D eigenvalue weighted by atomic mass is 10.0. The molecule has 2 aliphatic rings. The van der Waals surface area contributed by atoms with Crippen molar-refractivity contribution in [2.45, 2.75) is 6.54 Å². The number of fused-ring (bicyclic) bond motifs is 2. The maximum absolute atomic E-state index is 15.0. The Balaban J connectivity index is 1.37. The van der Waals surface area contributed by atoms with Gasteiger partial charge in [0.25, 0.3) is 0 Å². The predicted octanol–water partition coefficient (Wildman–Crippen LogP) is 4.06. The van der Waals surface area contributed by atoms with Gasteiger partial charge in [-0.1, -0.05) is 0 Å². The number of benzene rings is 2. The maximum Gasteiger partial charge on any atom is 0.180 e. The number of aromatic nitrogens is 3. The number of hydrogen-bond acceptors (Lipinski definition) is 7. The summed E-state index contributed by atoms with van der Waals surface area (Å²) in [6, 6.07) is 9.29. The molecule has 0 amide bonds. The fraction of sp³-hybridized carbons (Fsp3) is 0.240. The van der Waals surface area contributed by atoms with E-state index in [9.17, 15) is 4.39 Å². The highest BCUT2D eigenvalue weighted by Gasteiger charge is 2.19. The van der Waals surface area contributed by atoms with Gasteiger partial charge >= 0.3 is 0 Å². The molecular formula is C25H23FN6O2. The number of nitrogens with one attached hydrogen (secondary N) is 1. The summed E-state index contributed by atoms with van der Waals surface area (Å²) in [5, 5.41) is 3.36. The lowest BCUT2D eigenvalue weighted by Gasteiger charge is -2.30. The van der Waals surface area contributed by atoms with Gasteiger partial charge in [0.1, 0.15) is 11.6 Å². The Bertz CT molecular complexity index is 1410. The number of hydrogen-bond donors (Lipinski definition) is 1. The molecule has 2 aliphatic heterocycles. The predicted molar refractivity (Wildman–Crippen MR) is 129 cm³/mol. The smallest absolute Gasteiger partial charge is 0.180 e. The molecule has 2 aromatic carbocycles. The van der Waals surface area contributed by atoms with E-state index in [4.69, 9.17) is 14.5 Å². The monoisotopic (exact) mass is 458 g/mol. The zero-order valence-electron chi connectivity index (χ0n) is 18.7. The van der Waals surface area contributed by atoms with E-state index in [1.807, 2.05) is 34.9 Å².